The highest BCUT2D eigenvalue weighted by atomic mass is 32.2. The second kappa shape index (κ2) is 9.90. The molecule has 1 aliphatic heterocycles. The summed E-state index contributed by atoms with van der Waals surface area (Å²) in [7, 11) is -3.55. The summed E-state index contributed by atoms with van der Waals surface area (Å²) >= 11 is 0. The molecule has 1 N–H and O–H groups in total. The van der Waals surface area contributed by atoms with E-state index in [1.165, 1.54) is 40.7 Å². The second-order valence-electron chi connectivity index (χ2n) is 9.00. The average molecular weight is 490 g/mol. The van der Waals surface area contributed by atoms with Crippen molar-refractivity contribution in [1.29, 1.82) is 0 Å². The van der Waals surface area contributed by atoms with Crippen LogP contribution >= 0.6 is 0 Å². The first-order valence-corrected chi connectivity index (χ1v) is 12.2. The molecule has 11 heteroatoms. The molecule has 0 saturated carbocycles. The number of amides is 1. The standard InChI is InChI=1S/C23H27N3O7S/c1-23(2,3)19-11-6-16(14-20(19)26(29)30)22(28)33-15-21(27)24-17-7-9-18(10-8-17)34(31,32)25-12-4-5-13-25/h6-11,14H,4-5,12-13,15H2,1-3H3,(H,24,27). The Morgan fingerprint density at radius 1 is 1.09 bits per heavy atom. The highest BCUT2D eigenvalue weighted by Gasteiger charge is 2.28. The number of nitrogens with one attached hydrogen (secondary N) is 1. The third-order valence-electron chi connectivity index (χ3n) is 5.41. The number of anilines is 1. The molecule has 1 amide bonds. The van der Waals surface area contributed by atoms with Crippen LogP contribution in [0, 0.1) is 10.1 Å². The summed E-state index contributed by atoms with van der Waals surface area (Å²) < 4.78 is 31.5. The molecule has 2 aromatic carbocycles. The molecule has 0 atom stereocenters. The predicted octanol–water partition coefficient (Wildman–Crippen LogP) is 3.47. The maximum Gasteiger partial charge on any atom is 0.338 e. The number of nitrogens with zero attached hydrogens (tertiary/aromatic N) is 2. The van der Waals surface area contributed by atoms with Crippen molar-refractivity contribution in [1.82, 2.24) is 4.31 Å². The summed E-state index contributed by atoms with van der Waals surface area (Å²) in [6.07, 6.45) is 1.67. The SMILES string of the molecule is CC(C)(C)c1ccc(C(=O)OCC(=O)Nc2ccc(S(=O)(=O)N3CCCC3)cc2)cc1[N+](=O)[O-]. The van der Waals surface area contributed by atoms with Crippen LogP contribution in [-0.4, -0.2) is 49.2 Å². The fraction of sp³-hybridized carbons (Fsp3) is 0.391. The quantitative estimate of drug-likeness (QED) is 0.357. The minimum absolute atomic E-state index is 0.0380. The average Bonchev–Trinajstić information content (AvgIpc) is 3.33. The van der Waals surface area contributed by atoms with E-state index in [0.29, 0.717) is 24.3 Å². The largest absolute Gasteiger partial charge is 0.452 e. The van der Waals surface area contributed by atoms with Crippen molar-refractivity contribution in [3.05, 3.63) is 63.7 Å². The molecule has 3 rings (SSSR count). The maximum absolute atomic E-state index is 12.6. The fourth-order valence-corrected chi connectivity index (χ4v) is 5.16. The van der Waals surface area contributed by atoms with Crippen LogP contribution in [0.4, 0.5) is 11.4 Å². The van der Waals surface area contributed by atoms with Gasteiger partial charge >= 0.3 is 5.97 Å². The Morgan fingerprint density at radius 2 is 1.71 bits per heavy atom. The summed E-state index contributed by atoms with van der Waals surface area (Å²) in [5, 5.41) is 13.9. The number of carbonyl (C=O) groups is 2. The lowest BCUT2D eigenvalue weighted by Gasteiger charge is -2.19. The Balaban J connectivity index is 1.60. The lowest BCUT2D eigenvalue weighted by atomic mass is 9.85. The van der Waals surface area contributed by atoms with Gasteiger partial charge in [-0.3, -0.25) is 14.9 Å². The van der Waals surface area contributed by atoms with Gasteiger partial charge in [0.25, 0.3) is 11.6 Å². The molecule has 0 aromatic heterocycles. The van der Waals surface area contributed by atoms with Gasteiger partial charge in [0.2, 0.25) is 10.0 Å². The van der Waals surface area contributed by atoms with Gasteiger partial charge in [-0.2, -0.15) is 4.31 Å². The molecule has 0 spiro atoms. The van der Waals surface area contributed by atoms with Crippen LogP contribution < -0.4 is 5.32 Å². The molecule has 34 heavy (non-hydrogen) atoms. The lowest BCUT2D eigenvalue weighted by Crippen LogP contribution is -2.27. The van der Waals surface area contributed by atoms with Crippen LogP contribution in [0.3, 0.4) is 0 Å². The highest BCUT2D eigenvalue weighted by molar-refractivity contribution is 7.89. The minimum Gasteiger partial charge on any atom is -0.452 e. The molecule has 1 fully saturated rings. The van der Waals surface area contributed by atoms with Crippen molar-refractivity contribution in [3.8, 4) is 0 Å². The van der Waals surface area contributed by atoms with Crippen molar-refractivity contribution >= 4 is 33.3 Å². The first-order chi connectivity index (χ1) is 15.9. The van der Waals surface area contributed by atoms with Crippen LogP contribution in [0.2, 0.25) is 0 Å². The van der Waals surface area contributed by atoms with Crippen molar-refractivity contribution < 1.29 is 27.7 Å². The first-order valence-electron chi connectivity index (χ1n) is 10.8. The van der Waals surface area contributed by atoms with Crippen molar-refractivity contribution in [2.24, 2.45) is 0 Å². The number of benzene rings is 2. The molecular formula is C23H27N3O7S. The second-order valence-corrected chi connectivity index (χ2v) is 10.9. The van der Waals surface area contributed by atoms with E-state index in [0.717, 1.165) is 18.9 Å². The number of hydrogen-bond donors (Lipinski definition) is 1. The van der Waals surface area contributed by atoms with Crippen molar-refractivity contribution in [3.63, 3.8) is 0 Å². The molecular weight excluding hydrogens is 462 g/mol. The number of carbonyl (C=O) groups excluding carboxylic acids is 2. The van der Waals surface area contributed by atoms with Crippen LogP contribution in [0.1, 0.15) is 49.5 Å². The van der Waals surface area contributed by atoms with E-state index in [-0.39, 0.29) is 16.1 Å². The van der Waals surface area contributed by atoms with Gasteiger partial charge in [0.05, 0.1) is 15.4 Å². The summed E-state index contributed by atoms with van der Waals surface area (Å²) in [4.78, 5) is 35.5. The molecule has 2 aromatic rings. The van der Waals surface area contributed by atoms with Crippen molar-refractivity contribution in [2.75, 3.05) is 25.0 Å². The number of nitro groups is 1. The summed E-state index contributed by atoms with van der Waals surface area (Å²) in [6.45, 7) is 5.86. The molecule has 1 heterocycles. The zero-order valence-electron chi connectivity index (χ0n) is 19.2. The van der Waals surface area contributed by atoms with Gasteiger partial charge in [0.15, 0.2) is 6.61 Å². The van der Waals surface area contributed by atoms with Gasteiger partial charge in [0, 0.05) is 30.4 Å². The number of rotatable bonds is 7. The van der Waals surface area contributed by atoms with E-state index < -0.39 is 38.8 Å². The number of esters is 1. The normalized spacial score (nSPS) is 14.6. The molecule has 1 saturated heterocycles. The molecule has 0 radical (unpaired) electrons. The van der Waals surface area contributed by atoms with Crippen LogP contribution in [0.25, 0.3) is 0 Å². The van der Waals surface area contributed by atoms with E-state index in [4.69, 9.17) is 4.74 Å². The molecule has 182 valence electrons. The number of sulfonamides is 1. The topological polar surface area (TPSA) is 136 Å². The maximum atomic E-state index is 12.6. The van der Waals surface area contributed by atoms with Gasteiger partial charge in [-0.25, -0.2) is 13.2 Å². The molecule has 1 aliphatic rings. The van der Waals surface area contributed by atoms with Gasteiger partial charge < -0.3 is 10.1 Å². The van der Waals surface area contributed by atoms with E-state index >= 15 is 0 Å². The van der Waals surface area contributed by atoms with Gasteiger partial charge in [-0.1, -0.05) is 26.8 Å². The predicted molar refractivity (Wildman–Crippen MR) is 125 cm³/mol. The molecule has 0 bridgehead atoms. The number of hydrogen-bond acceptors (Lipinski definition) is 7. The Morgan fingerprint density at radius 3 is 2.26 bits per heavy atom. The summed E-state index contributed by atoms with van der Waals surface area (Å²) in [5.74, 6) is -1.50. The van der Waals surface area contributed by atoms with Gasteiger partial charge in [0.1, 0.15) is 0 Å². The molecule has 10 nitrogen and oxygen atoms in total. The van der Waals surface area contributed by atoms with Crippen LogP contribution in [0.15, 0.2) is 47.4 Å². The third-order valence-corrected chi connectivity index (χ3v) is 7.33. The Kier molecular flexibility index (Phi) is 7.37. The summed E-state index contributed by atoms with van der Waals surface area (Å²) in [5.41, 5.74) is 0.0848. The smallest absolute Gasteiger partial charge is 0.338 e. The summed E-state index contributed by atoms with van der Waals surface area (Å²) in [6, 6.07) is 9.80. The zero-order chi connectivity index (χ0) is 25.1. The van der Waals surface area contributed by atoms with E-state index in [1.54, 1.807) is 0 Å². The van der Waals surface area contributed by atoms with Crippen LogP contribution in [-0.2, 0) is 25.0 Å². The Bertz CT molecular complexity index is 1200. The highest BCUT2D eigenvalue weighted by Crippen LogP contribution is 2.32. The Hall–Kier alpha value is -3.31. The number of ether oxygens (including phenoxy) is 1. The van der Waals surface area contributed by atoms with E-state index in [1.807, 2.05) is 20.8 Å². The third kappa shape index (κ3) is 5.78. The fourth-order valence-electron chi connectivity index (χ4n) is 3.64. The van der Waals surface area contributed by atoms with Gasteiger partial charge in [-0.15, -0.1) is 0 Å². The number of nitro benzene ring substituents is 1. The van der Waals surface area contributed by atoms with Gasteiger partial charge in [-0.05, 0) is 48.6 Å². The minimum atomic E-state index is -3.55. The van der Waals surface area contributed by atoms with Crippen LogP contribution in [0.5, 0.6) is 0 Å². The monoisotopic (exact) mass is 489 g/mol. The Labute approximate surface area is 198 Å². The van der Waals surface area contributed by atoms with Crippen molar-refractivity contribution in [2.45, 2.75) is 43.9 Å². The first kappa shape index (κ1) is 25.3. The van der Waals surface area contributed by atoms with E-state index in [2.05, 4.69) is 5.32 Å². The molecule has 0 unspecified atom stereocenters. The molecule has 0 aliphatic carbocycles. The van der Waals surface area contributed by atoms with E-state index in [9.17, 15) is 28.1 Å². The zero-order valence-corrected chi connectivity index (χ0v) is 20.1. The lowest BCUT2D eigenvalue weighted by molar-refractivity contribution is -0.386.